The molecule has 0 heterocycles. The van der Waals surface area contributed by atoms with Crippen LogP contribution in [0.3, 0.4) is 0 Å². The number of hydrogen-bond acceptors (Lipinski definition) is 2. The number of rotatable bonds is 8. The van der Waals surface area contributed by atoms with Crippen LogP contribution in [0.25, 0.3) is 0 Å². The summed E-state index contributed by atoms with van der Waals surface area (Å²) >= 11 is 0. The van der Waals surface area contributed by atoms with Gasteiger partial charge in [-0.2, -0.15) is 0 Å². The van der Waals surface area contributed by atoms with Crippen LogP contribution in [-0.2, 0) is 0 Å². The van der Waals surface area contributed by atoms with Crippen molar-refractivity contribution in [1.29, 1.82) is 0 Å². The fourth-order valence-corrected chi connectivity index (χ4v) is 1.48. The first-order valence-corrected chi connectivity index (χ1v) is 5.95. The minimum atomic E-state index is 0.415. The Morgan fingerprint density at radius 2 is 1.93 bits per heavy atom. The lowest BCUT2D eigenvalue weighted by atomic mass is 9.86. The summed E-state index contributed by atoms with van der Waals surface area (Å²) in [5, 5.41) is 3.47. The summed E-state index contributed by atoms with van der Waals surface area (Å²) in [6.07, 6.45) is 5.33. The van der Waals surface area contributed by atoms with Gasteiger partial charge < -0.3 is 11.1 Å². The highest BCUT2D eigenvalue weighted by Gasteiger charge is 2.17. The minimum absolute atomic E-state index is 0.415. The van der Waals surface area contributed by atoms with Crippen LogP contribution in [0, 0.1) is 5.41 Å². The second-order valence-corrected chi connectivity index (χ2v) is 5.14. The van der Waals surface area contributed by atoms with Gasteiger partial charge in [-0.1, -0.05) is 40.0 Å². The molecular weight excluding hydrogens is 172 g/mol. The molecule has 0 aromatic heterocycles. The second kappa shape index (κ2) is 7.24. The summed E-state index contributed by atoms with van der Waals surface area (Å²) in [7, 11) is 0. The van der Waals surface area contributed by atoms with Crippen molar-refractivity contribution < 1.29 is 0 Å². The molecular formula is C12H28N2. The van der Waals surface area contributed by atoms with Crippen molar-refractivity contribution in [2.75, 3.05) is 13.1 Å². The second-order valence-electron chi connectivity index (χ2n) is 5.14. The van der Waals surface area contributed by atoms with Gasteiger partial charge in [0.1, 0.15) is 0 Å². The Morgan fingerprint density at radius 3 is 2.43 bits per heavy atom. The van der Waals surface area contributed by atoms with Crippen molar-refractivity contribution in [1.82, 2.24) is 5.32 Å². The van der Waals surface area contributed by atoms with E-state index in [2.05, 4.69) is 33.0 Å². The molecule has 0 aliphatic carbocycles. The average Bonchev–Trinajstić information content (AvgIpc) is 2.14. The lowest BCUT2D eigenvalue weighted by Gasteiger charge is -2.27. The topological polar surface area (TPSA) is 38.0 Å². The van der Waals surface area contributed by atoms with Gasteiger partial charge in [0.2, 0.25) is 0 Å². The van der Waals surface area contributed by atoms with Gasteiger partial charge in [-0.05, 0) is 18.8 Å². The molecule has 86 valence electrons. The predicted octanol–water partition coefficient (Wildman–Crippen LogP) is 2.53. The van der Waals surface area contributed by atoms with E-state index in [9.17, 15) is 0 Å². The Hall–Kier alpha value is -0.0800. The van der Waals surface area contributed by atoms with Crippen molar-refractivity contribution in [3.63, 3.8) is 0 Å². The maximum Gasteiger partial charge on any atom is 0.0162 e. The number of nitrogens with two attached hydrogens (primary N) is 1. The third-order valence-corrected chi connectivity index (χ3v) is 2.74. The van der Waals surface area contributed by atoms with E-state index in [1.807, 2.05) is 0 Å². The molecule has 0 fully saturated rings. The first-order chi connectivity index (χ1) is 6.52. The summed E-state index contributed by atoms with van der Waals surface area (Å²) in [6.45, 7) is 10.9. The minimum Gasteiger partial charge on any atom is -0.329 e. The number of nitrogens with one attached hydrogen (secondary N) is 1. The molecule has 2 nitrogen and oxygen atoms in total. The molecule has 0 aliphatic rings. The lowest BCUT2D eigenvalue weighted by Crippen LogP contribution is -2.39. The molecule has 0 rings (SSSR count). The van der Waals surface area contributed by atoms with Crippen LogP contribution in [0.5, 0.6) is 0 Å². The van der Waals surface area contributed by atoms with Gasteiger partial charge in [0.15, 0.2) is 0 Å². The first-order valence-electron chi connectivity index (χ1n) is 5.95. The first kappa shape index (κ1) is 13.9. The molecule has 0 bridgehead atoms. The Balaban J connectivity index is 3.60. The van der Waals surface area contributed by atoms with E-state index in [-0.39, 0.29) is 0 Å². The normalized spacial score (nSPS) is 14.4. The van der Waals surface area contributed by atoms with Crippen LogP contribution in [0.1, 0.15) is 53.4 Å². The quantitative estimate of drug-likeness (QED) is 0.591. The maximum absolute atomic E-state index is 5.56. The largest absolute Gasteiger partial charge is 0.329 e. The Labute approximate surface area is 89.6 Å². The molecule has 3 N–H and O–H groups in total. The summed E-state index contributed by atoms with van der Waals surface area (Å²) in [4.78, 5) is 0. The molecule has 0 spiro atoms. The van der Waals surface area contributed by atoms with E-state index >= 15 is 0 Å². The van der Waals surface area contributed by atoms with E-state index in [0.717, 1.165) is 13.1 Å². The molecule has 0 saturated carbocycles. The Kier molecular flexibility index (Phi) is 7.20. The van der Waals surface area contributed by atoms with E-state index in [1.54, 1.807) is 0 Å². The SMILES string of the molecule is CCCCCC(C)(C)CNC(C)CN. The van der Waals surface area contributed by atoms with Gasteiger partial charge in [0.05, 0.1) is 0 Å². The Bertz CT molecular complexity index is 132. The smallest absolute Gasteiger partial charge is 0.0162 e. The van der Waals surface area contributed by atoms with E-state index in [1.165, 1.54) is 25.7 Å². The molecule has 14 heavy (non-hydrogen) atoms. The zero-order valence-electron chi connectivity index (χ0n) is 10.4. The van der Waals surface area contributed by atoms with Gasteiger partial charge in [-0.25, -0.2) is 0 Å². The third-order valence-electron chi connectivity index (χ3n) is 2.74. The third kappa shape index (κ3) is 7.34. The fourth-order valence-electron chi connectivity index (χ4n) is 1.48. The van der Waals surface area contributed by atoms with Crippen LogP contribution >= 0.6 is 0 Å². The zero-order valence-corrected chi connectivity index (χ0v) is 10.4. The number of unbranched alkanes of at least 4 members (excludes halogenated alkanes) is 2. The average molecular weight is 200 g/mol. The standard InChI is InChI=1S/C12H28N2/c1-5-6-7-8-12(3,4)10-14-11(2)9-13/h11,14H,5-10,13H2,1-4H3. The number of hydrogen-bond donors (Lipinski definition) is 2. The van der Waals surface area contributed by atoms with Crippen LogP contribution < -0.4 is 11.1 Å². The molecule has 2 heteroatoms. The van der Waals surface area contributed by atoms with Crippen molar-refractivity contribution in [2.45, 2.75) is 59.4 Å². The highest BCUT2D eigenvalue weighted by molar-refractivity contribution is 4.74. The maximum atomic E-state index is 5.56. The van der Waals surface area contributed by atoms with Gasteiger partial charge in [-0.15, -0.1) is 0 Å². The molecule has 0 aromatic carbocycles. The van der Waals surface area contributed by atoms with E-state index in [4.69, 9.17) is 5.73 Å². The molecule has 0 aliphatic heterocycles. The van der Waals surface area contributed by atoms with Gasteiger partial charge in [-0.3, -0.25) is 0 Å². The van der Waals surface area contributed by atoms with Gasteiger partial charge >= 0.3 is 0 Å². The molecule has 1 unspecified atom stereocenters. The van der Waals surface area contributed by atoms with Crippen LogP contribution in [0.15, 0.2) is 0 Å². The van der Waals surface area contributed by atoms with Crippen molar-refractivity contribution in [3.8, 4) is 0 Å². The van der Waals surface area contributed by atoms with E-state index < -0.39 is 0 Å². The highest BCUT2D eigenvalue weighted by atomic mass is 14.9. The molecule has 0 radical (unpaired) electrons. The summed E-state index contributed by atoms with van der Waals surface area (Å²) < 4.78 is 0. The molecule has 0 aromatic rings. The van der Waals surface area contributed by atoms with Crippen molar-refractivity contribution in [2.24, 2.45) is 11.1 Å². The summed E-state index contributed by atoms with van der Waals surface area (Å²) in [5.74, 6) is 0. The predicted molar refractivity (Wildman–Crippen MR) is 64.4 cm³/mol. The lowest BCUT2D eigenvalue weighted by molar-refractivity contribution is 0.291. The summed E-state index contributed by atoms with van der Waals surface area (Å²) in [5.41, 5.74) is 5.98. The van der Waals surface area contributed by atoms with Crippen molar-refractivity contribution >= 4 is 0 Å². The Morgan fingerprint density at radius 1 is 1.29 bits per heavy atom. The monoisotopic (exact) mass is 200 g/mol. The molecule has 0 amide bonds. The zero-order chi connectivity index (χ0) is 11.0. The van der Waals surface area contributed by atoms with E-state index in [0.29, 0.717) is 11.5 Å². The fraction of sp³-hybridized carbons (Fsp3) is 1.00. The van der Waals surface area contributed by atoms with Gasteiger partial charge in [0.25, 0.3) is 0 Å². The van der Waals surface area contributed by atoms with Crippen LogP contribution in [0.2, 0.25) is 0 Å². The van der Waals surface area contributed by atoms with Crippen LogP contribution in [0.4, 0.5) is 0 Å². The molecule has 1 atom stereocenters. The highest BCUT2D eigenvalue weighted by Crippen LogP contribution is 2.22. The summed E-state index contributed by atoms with van der Waals surface area (Å²) in [6, 6.07) is 0.445. The molecule has 0 saturated heterocycles. The van der Waals surface area contributed by atoms with Crippen LogP contribution in [-0.4, -0.2) is 19.1 Å². The van der Waals surface area contributed by atoms with Gasteiger partial charge in [0, 0.05) is 19.1 Å². The van der Waals surface area contributed by atoms with Crippen molar-refractivity contribution in [3.05, 3.63) is 0 Å².